The first-order valence-electron chi connectivity index (χ1n) is 17.9. The third-order valence-electron chi connectivity index (χ3n) is 8.57. The van der Waals surface area contributed by atoms with Gasteiger partial charge in [0.25, 0.3) is 0 Å². The van der Waals surface area contributed by atoms with E-state index in [9.17, 15) is 24.0 Å². The molecule has 0 aliphatic carbocycles. The molecule has 2 N–H and O–H groups in total. The van der Waals surface area contributed by atoms with Crippen LogP contribution in [-0.4, -0.2) is 89.0 Å². The first kappa shape index (κ1) is 42.2. The molecule has 0 saturated heterocycles. The number of esters is 1. The van der Waals surface area contributed by atoms with Gasteiger partial charge >= 0.3 is 12.1 Å². The summed E-state index contributed by atoms with van der Waals surface area (Å²) in [5.41, 5.74) is -0.673. The number of hydrogen-bond donors (Lipinski definition) is 2. The molecule has 0 bridgehead atoms. The standard InChI is InChI=1S/C42H56N4O7/c1-29(47)52-42(7,8)28-43-37(49)34(26-30-17-12-11-13-18-30)46(10)38(50)35(27-31-22-23-32-19-14-15-20-33(32)25-31)45(9)36(48)21-16-24-41(5,6)44-39(51)53-40(2,3)4/h11-23,25,34-35H,24,26-28H2,1-10H3,(H,43,49)(H,44,51)/b21-16+/t34-,35-/m1/s1. The molecule has 0 unspecified atom stereocenters. The summed E-state index contributed by atoms with van der Waals surface area (Å²) in [5, 5.41) is 7.74. The maximum absolute atomic E-state index is 14.6. The number of fused-ring (bicyclic) bond motifs is 1. The molecule has 3 aromatic rings. The van der Waals surface area contributed by atoms with E-state index < -0.39 is 58.6 Å². The van der Waals surface area contributed by atoms with Gasteiger partial charge in [-0.05, 0) is 82.9 Å². The van der Waals surface area contributed by atoms with Gasteiger partial charge in [-0.25, -0.2) is 4.79 Å². The maximum Gasteiger partial charge on any atom is 0.408 e. The molecule has 0 heterocycles. The van der Waals surface area contributed by atoms with Crippen LogP contribution in [0.3, 0.4) is 0 Å². The molecule has 3 aromatic carbocycles. The topological polar surface area (TPSA) is 134 Å². The fraction of sp³-hybridized carbons (Fsp3) is 0.452. The number of nitrogens with one attached hydrogen (secondary N) is 2. The van der Waals surface area contributed by atoms with Crippen molar-refractivity contribution in [3.05, 3.63) is 96.1 Å². The summed E-state index contributed by atoms with van der Waals surface area (Å²) < 4.78 is 10.7. The van der Waals surface area contributed by atoms with E-state index >= 15 is 0 Å². The highest BCUT2D eigenvalue weighted by molar-refractivity contribution is 5.95. The lowest BCUT2D eigenvalue weighted by Crippen LogP contribution is -2.57. The van der Waals surface area contributed by atoms with Gasteiger partial charge in [-0.15, -0.1) is 0 Å². The maximum atomic E-state index is 14.6. The molecule has 0 aliphatic rings. The fourth-order valence-electron chi connectivity index (χ4n) is 5.81. The minimum atomic E-state index is -0.977. The molecule has 53 heavy (non-hydrogen) atoms. The Hall–Kier alpha value is -5.19. The lowest BCUT2D eigenvalue weighted by Gasteiger charge is -2.35. The molecule has 0 spiro atoms. The van der Waals surface area contributed by atoms with Gasteiger partial charge in [-0.2, -0.15) is 0 Å². The molecule has 3 rings (SSSR count). The van der Waals surface area contributed by atoms with Crippen molar-refractivity contribution >= 4 is 40.6 Å². The quantitative estimate of drug-likeness (QED) is 0.145. The van der Waals surface area contributed by atoms with E-state index in [-0.39, 0.29) is 19.4 Å². The normalized spacial score (nSPS) is 13.2. The summed E-state index contributed by atoms with van der Waals surface area (Å²) in [6.07, 6.45) is 3.21. The van der Waals surface area contributed by atoms with Gasteiger partial charge in [0.15, 0.2) is 0 Å². The second kappa shape index (κ2) is 18.0. The second-order valence-corrected chi connectivity index (χ2v) is 15.7. The minimum absolute atomic E-state index is 0.0293. The highest BCUT2D eigenvalue weighted by atomic mass is 16.6. The smallest absolute Gasteiger partial charge is 0.408 e. The zero-order valence-corrected chi connectivity index (χ0v) is 32.8. The van der Waals surface area contributed by atoms with Crippen molar-refractivity contribution in [1.29, 1.82) is 0 Å². The summed E-state index contributed by atoms with van der Waals surface area (Å²) in [7, 11) is 3.14. The lowest BCUT2D eigenvalue weighted by atomic mass is 9.98. The van der Waals surface area contributed by atoms with Crippen LogP contribution in [0, 0.1) is 0 Å². The molecular formula is C42H56N4O7. The number of likely N-dealkylation sites (N-methyl/N-ethyl adjacent to an activating group) is 2. The largest absolute Gasteiger partial charge is 0.458 e. The molecule has 0 saturated carbocycles. The Morgan fingerprint density at radius 1 is 0.736 bits per heavy atom. The molecule has 11 heteroatoms. The molecule has 0 fully saturated rings. The van der Waals surface area contributed by atoms with Crippen molar-refractivity contribution in [1.82, 2.24) is 20.4 Å². The Morgan fingerprint density at radius 2 is 1.34 bits per heavy atom. The van der Waals surface area contributed by atoms with E-state index in [1.807, 2.05) is 86.6 Å². The molecule has 0 aliphatic heterocycles. The van der Waals surface area contributed by atoms with Crippen LogP contribution in [0.1, 0.15) is 72.9 Å². The number of carbonyl (C=O) groups excluding carboxylic acids is 5. The van der Waals surface area contributed by atoms with Crippen LogP contribution in [-0.2, 0) is 41.5 Å². The van der Waals surface area contributed by atoms with Gasteiger partial charge in [-0.1, -0.05) is 78.9 Å². The van der Waals surface area contributed by atoms with Gasteiger partial charge in [0.05, 0.1) is 6.54 Å². The van der Waals surface area contributed by atoms with Gasteiger partial charge in [-0.3, -0.25) is 19.2 Å². The van der Waals surface area contributed by atoms with Crippen LogP contribution in [0.5, 0.6) is 0 Å². The van der Waals surface area contributed by atoms with Gasteiger partial charge in [0.1, 0.15) is 23.3 Å². The van der Waals surface area contributed by atoms with Crippen LogP contribution < -0.4 is 10.6 Å². The predicted molar refractivity (Wildman–Crippen MR) is 207 cm³/mol. The number of ether oxygens (including phenoxy) is 2. The molecular weight excluding hydrogens is 672 g/mol. The fourth-order valence-corrected chi connectivity index (χ4v) is 5.81. The number of carbonyl (C=O) groups is 5. The predicted octanol–water partition coefficient (Wildman–Crippen LogP) is 5.99. The van der Waals surface area contributed by atoms with Crippen molar-refractivity contribution in [2.75, 3.05) is 20.6 Å². The molecule has 0 radical (unpaired) electrons. The van der Waals surface area contributed by atoms with Crippen molar-refractivity contribution in [3.63, 3.8) is 0 Å². The van der Waals surface area contributed by atoms with Crippen molar-refractivity contribution in [3.8, 4) is 0 Å². The van der Waals surface area contributed by atoms with Crippen molar-refractivity contribution < 1.29 is 33.4 Å². The average Bonchev–Trinajstić information content (AvgIpc) is 3.06. The molecule has 11 nitrogen and oxygen atoms in total. The first-order valence-corrected chi connectivity index (χ1v) is 17.9. The van der Waals surface area contributed by atoms with Gasteiger partial charge < -0.3 is 29.9 Å². The van der Waals surface area contributed by atoms with Crippen LogP contribution in [0.4, 0.5) is 4.79 Å². The highest BCUT2D eigenvalue weighted by Gasteiger charge is 2.36. The van der Waals surface area contributed by atoms with E-state index in [2.05, 4.69) is 10.6 Å². The summed E-state index contributed by atoms with van der Waals surface area (Å²) in [5.74, 6) is -1.75. The average molecular weight is 729 g/mol. The number of nitrogens with zero attached hydrogens (tertiary/aromatic N) is 2. The van der Waals surface area contributed by atoms with Gasteiger partial charge in [0.2, 0.25) is 17.7 Å². The Kier molecular flexibility index (Phi) is 14.4. The molecule has 4 amide bonds. The summed E-state index contributed by atoms with van der Waals surface area (Å²) in [6, 6.07) is 21.2. The highest BCUT2D eigenvalue weighted by Crippen LogP contribution is 2.21. The Morgan fingerprint density at radius 3 is 1.96 bits per heavy atom. The number of benzene rings is 3. The monoisotopic (exact) mass is 728 g/mol. The molecule has 0 aromatic heterocycles. The van der Waals surface area contributed by atoms with Crippen molar-refractivity contribution in [2.45, 2.75) is 103 Å². The van der Waals surface area contributed by atoms with Crippen LogP contribution in [0.2, 0.25) is 0 Å². The van der Waals surface area contributed by atoms with Crippen LogP contribution in [0.15, 0.2) is 84.9 Å². The van der Waals surface area contributed by atoms with Crippen LogP contribution >= 0.6 is 0 Å². The summed E-state index contributed by atoms with van der Waals surface area (Å²) in [6.45, 7) is 13.7. The number of hydrogen-bond acceptors (Lipinski definition) is 7. The number of rotatable bonds is 15. The zero-order valence-electron chi connectivity index (χ0n) is 32.8. The van der Waals surface area contributed by atoms with E-state index in [1.165, 1.54) is 22.8 Å². The Bertz CT molecular complexity index is 1780. The van der Waals surface area contributed by atoms with E-state index in [0.717, 1.165) is 21.9 Å². The SMILES string of the molecule is CC(=O)OC(C)(C)CNC(=O)[C@@H](Cc1ccccc1)N(C)C(=O)[C@@H](Cc1ccc2ccccc2c1)N(C)C(=O)/C=C/CC(C)(C)NC(=O)OC(C)(C)C. The van der Waals surface area contributed by atoms with Crippen LogP contribution in [0.25, 0.3) is 10.8 Å². The third kappa shape index (κ3) is 13.7. The summed E-state index contributed by atoms with van der Waals surface area (Å²) in [4.78, 5) is 69.0. The van der Waals surface area contributed by atoms with E-state index in [0.29, 0.717) is 6.42 Å². The van der Waals surface area contributed by atoms with E-state index in [1.54, 1.807) is 54.8 Å². The molecule has 2 atom stereocenters. The van der Waals surface area contributed by atoms with E-state index in [4.69, 9.17) is 9.47 Å². The molecule has 286 valence electrons. The van der Waals surface area contributed by atoms with Gasteiger partial charge in [0, 0.05) is 39.4 Å². The first-order chi connectivity index (χ1) is 24.7. The minimum Gasteiger partial charge on any atom is -0.458 e. The third-order valence-corrected chi connectivity index (χ3v) is 8.57. The number of alkyl carbamates (subject to hydrolysis) is 1. The lowest BCUT2D eigenvalue weighted by molar-refractivity contribution is -0.154. The Labute approximate surface area is 314 Å². The Balaban J connectivity index is 1.92. The number of amides is 4. The summed E-state index contributed by atoms with van der Waals surface area (Å²) >= 11 is 0. The zero-order chi connectivity index (χ0) is 39.6. The van der Waals surface area contributed by atoms with Crippen molar-refractivity contribution in [2.24, 2.45) is 0 Å². The second-order valence-electron chi connectivity index (χ2n) is 15.7.